The van der Waals surface area contributed by atoms with Crippen LogP contribution in [0.3, 0.4) is 0 Å². The van der Waals surface area contributed by atoms with Crippen molar-refractivity contribution in [3.8, 4) is 5.75 Å². The van der Waals surface area contributed by atoms with Gasteiger partial charge in [0.05, 0.1) is 18.7 Å². The van der Waals surface area contributed by atoms with Gasteiger partial charge in [0.2, 0.25) is 5.78 Å². The Balaban J connectivity index is 1.76. The zero-order chi connectivity index (χ0) is 23.7. The lowest BCUT2D eigenvalue weighted by Gasteiger charge is -2.27. The maximum Gasteiger partial charge on any atom is 0.290 e. The quantitative estimate of drug-likeness (QED) is 0.439. The number of aliphatic hydroxyl groups excluding tert-OH is 1. The summed E-state index contributed by atoms with van der Waals surface area (Å²) in [5.74, 6) is -1.07. The van der Waals surface area contributed by atoms with Crippen LogP contribution < -0.4 is 4.74 Å². The summed E-state index contributed by atoms with van der Waals surface area (Å²) in [6, 6.07) is 13.6. The lowest BCUT2D eigenvalue weighted by molar-refractivity contribution is -0.129. The number of ether oxygens (including phenoxy) is 1. The Labute approximate surface area is 200 Å². The second kappa shape index (κ2) is 9.41. The predicted molar refractivity (Wildman–Crippen MR) is 129 cm³/mol. The third-order valence-corrected chi connectivity index (χ3v) is 6.22. The molecule has 0 unspecified atom stereocenters. The van der Waals surface area contributed by atoms with E-state index in [2.05, 4.69) is 15.9 Å². The average molecular weight is 513 g/mol. The minimum absolute atomic E-state index is 0.0187. The number of Topliss-reactive ketones (excluding diaryl/α,β-unsaturated/α-hetero) is 1. The molecule has 0 aliphatic carbocycles. The van der Waals surface area contributed by atoms with Gasteiger partial charge in [0, 0.05) is 16.4 Å². The summed E-state index contributed by atoms with van der Waals surface area (Å²) in [6.45, 7) is 1.16. The number of aliphatic hydroxyl groups is 1. The molecule has 1 N–H and O–H groups in total. The Morgan fingerprint density at radius 1 is 1.21 bits per heavy atom. The molecule has 1 atom stereocenters. The number of benzene rings is 2. The molecule has 1 aliphatic heterocycles. The number of rotatable bonds is 8. The Kier molecular flexibility index (Phi) is 6.58. The minimum Gasteiger partial charge on any atom is -0.503 e. The fraction of sp³-hybridized carbons (Fsp3) is 0.280. The number of fused-ring (bicyclic) bond motifs is 1. The molecule has 4 rings (SSSR count). The van der Waals surface area contributed by atoms with Gasteiger partial charge in [0.25, 0.3) is 5.91 Å². The number of nitrogens with zero attached hydrogens (tertiary/aromatic N) is 2. The van der Waals surface area contributed by atoms with Gasteiger partial charge in [-0.15, -0.1) is 0 Å². The third kappa shape index (κ3) is 4.41. The maximum atomic E-state index is 13.6. The van der Waals surface area contributed by atoms with Crippen molar-refractivity contribution in [3.63, 3.8) is 0 Å². The summed E-state index contributed by atoms with van der Waals surface area (Å²) in [4.78, 5) is 30.2. The highest BCUT2D eigenvalue weighted by Gasteiger charge is 2.44. The van der Waals surface area contributed by atoms with Crippen LogP contribution in [0.1, 0.15) is 28.6 Å². The number of methoxy groups -OCH3 is 1. The predicted octanol–water partition coefficient (Wildman–Crippen LogP) is 4.73. The number of hydrogen-bond acceptors (Lipinski definition) is 6. The molecular weight excluding hydrogens is 488 g/mol. The van der Waals surface area contributed by atoms with Crippen molar-refractivity contribution in [1.29, 1.82) is 0 Å². The Bertz CT molecular complexity index is 1230. The highest BCUT2D eigenvalue weighted by molar-refractivity contribution is 9.10. The van der Waals surface area contributed by atoms with Gasteiger partial charge in [-0.1, -0.05) is 40.2 Å². The number of para-hydroxylation sites is 1. The fourth-order valence-corrected chi connectivity index (χ4v) is 4.37. The molecule has 8 heteroatoms. The first-order chi connectivity index (χ1) is 15.8. The van der Waals surface area contributed by atoms with Gasteiger partial charge in [-0.3, -0.25) is 9.59 Å². The second-order valence-electron chi connectivity index (χ2n) is 8.19. The molecule has 2 aromatic carbocycles. The molecule has 0 fully saturated rings. The monoisotopic (exact) mass is 512 g/mol. The number of carbonyl (C=O) groups is 2. The molecular formula is C25H25BrN2O5. The van der Waals surface area contributed by atoms with Crippen LogP contribution in [0.5, 0.6) is 5.75 Å². The molecule has 172 valence electrons. The summed E-state index contributed by atoms with van der Waals surface area (Å²) >= 11 is 3.42. The van der Waals surface area contributed by atoms with Crippen molar-refractivity contribution < 1.29 is 23.8 Å². The van der Waals surface area contributed by atoms with Crippen molar-refractivity contribution in [2.45, 2.75) is 12.5 Å². The van der Waals surface area contributed by atoms with E-state index in [1.807, 2.05) is 49.3 Å². The largest absolute Gasteiger partial charge is 0.503 e. The van der Waals surface area contributed by atoms with E-state index >= 15 is 0 Å². The molecule has 33 heavy (non-hydrogen) atoms. The summed E-state index contributed by atoms with van der Waals surface area (Å²) in [5, 5.41) is 11.5. The third-order valence-electron chi connectivity index (χ3n) is 5.69. The number of furan rings is 1. The lowest BCUT2D eigenvalue weighted by Crippen LogP contribution is -2.33. The van der Waals surface area contributed by atoms with Crippen molar-refractivity contribution in [2.24, 2.45) is 0 Å². The van der Waals surface area contributed by atoms with Crippen molar-refractivity contribution in [3.05, 3.63) is 75.7 Å². The number of hydrogen-bond donors (Lipinski definition) is 1. The van der Waals surface area contributed by atoms with Crippen LogP contribution in [0.25, 0.3) is 11.0 Å². The van der Waals surface area contributed by atoms with Gasteiger partial charge < -0.3 is 24.1 Å². The van der Waals surface area contributed by atoms with Crippen molar-refractivity contribution in [2.75, 3.05) is 34.3 Å². The number of ketones is 1. The topological polar surface area (TPSA) is 83.2 Å². The van der Waals surface area contributed by atoms with E-state index in [4.69, 9.17) is 9.15 Å². The van der Waals surface area contributed by atoms with Gasteiger partial charge in [-0.05, 0) is 56.9 Å². The van der Waals surface area contributed by atoms with Gasteiger partial charge >= 0.3 is 0 Å². The SMILES string of the molecule is COc1cccc2cc(C(=O)C3=C(O)C(=O)N(CCCN(C)C)[C@@H]3c3ccc(Br)cc3)oc12. The summed E-state index contributed by atoms with van der Waals surface area (Å²) < 4.78 is 12.0. The van der Waals surface area contributed by atoms with Crippen LogP contribution in [0.2, 0.25) is 0 Å². The van der Waals surface area contributed by atoms with Gasteiger partial charge in [-0.25, -0.2) is 0 Å². The van der Waals surface area contributed by atoms with Gasteiger partial charge in [0.15, 0.2) is 22.9 Å². The molecule has 0 saturated heterocycles. The second-order valence-corrected chi connectivity index (χ2v) is 9.11. The number of amides is 1. The first-order valence-corrected chi connectivity index (χ1v) is 11.4. The Hall–Kier alpha value is -3.10. The van der Waals surface area contributed by atoms with Gasteiger partial charge in [0.1, 0.15) is 0 Å². The molecule has 7 nitrogen and oxygen atoms in total. The molecule has 1 aliphatic rings. The van der Waals surface area contributed by atoms with Crippen LogP contribution in [-0.2, 0) is 4.79 Å². The first kappa shape index (κ1) is 23.1. The van der Waals surface area contributed by atoms with Crippen LogP contribution in [0.15, 0.2) is 68.8 Å². The summed E-state index contributed by atoms with van der Waals surface area (Å²) in [6.07, 6.45) is 0.697. The van der Waals surface area contributed by atoms with Crippen molar-refractivity contribution >= 4 is 38.6 Å². The number of carbonyl (C=O) groups excluding carboxylic acids is 2. The zero-order valence-corrected chi connectivity index (χ0v) is 20.3. The standard InChI is InChI=1S/C25H25BrN2O5/c1-27(2)12-5-13-28-21(15-8-10-17(26)11-9-15)20(23(30)25(28)31)22(29)19-14-16-6-4-7-18(32-3)24(16)33-19/h4,6-11,14,21,30H,5,12-13H2,1-3H3/t21-/m1/s1. The smallest absolute Gasteiger partial charge is 0.290 e. The van der Waals surface area contributed by atoms with Crippen molar-refractivity contribution in [1.82, 2.24) is 9.80 Å². The van der Waals surface area contributed by atoms with E-state index in [0.717, 1.165) is 16.6 Å². The molecule has 1 aromatic heterocycles. The van der Waals surface area contributed by atoms with E-state index in [9.17, 15) is 14.7 Å². The maximum absolute atomic E-state index is 13.6. The highest BCUT2D eigenvalue weighted by atomic mass is 79.9. The normalized spacial score (nSPS) is 16.3. The van der Waals surface area contributed by atoms with E-state index in [1.165, 1.54) is 7.11 Å². The van der Waals surface area contributed by atoms with Crippen LogP contribution >= 0.6 is 15.9 Å². The van der Waals surface area contributed by atoms with E-state index in [0.29, 0.717) is 29.7 Å². The molecule has 0 radical (unpaired) electrons. The van der Waals surface area contributed by atoms with E-state index in [-0.39, 0.29) is 11.3 Å². The molecule has 1 amide bonds. The molecule has 0 saturated carbocycles. The van der Waals surface area contributed by atoms with E-state index in [1.54, 1.807) is 23.1 Å². The van der Waals surface area contributed by atoms with Crippen LogP contribution in [0, 0.1) is 0 Å². The van der Waals surface area contributed by atoms with Gasteiger partial charge in [-0.2, -0.15) is 0 Å². The highest BCUT2D eigenvalue weighted by Crippen LogP contribution is 2.40. The Morgan fingerprint density at radius 2 is 1.94 bits per heavy atom. The average Bonchev–Trinajstić information content (AvgIpc) is 3.34. The zero-order valence-electron chi connectivity index (χ0n) is 18.7. The Morgan fingerprint density at radius 3 is 2.61 bits per heavy atom. The van der Waals surface area contributed by atoms with Crippen LogP contribution in [-0.4, -0.2) is 60.9 Å². The molecule has 2 heterocycles. The lowest BCUT2D eigenvalue weighted by atomic mass is 9.95. The van der Waals surface area contributed by atoms with E-state index < -0.39 is 23.5 Å². The van der Waals surface area contributed by atoms with Crippen LogP contribution in [0.4, 0.5) is 0 Å². The molecule has 3 aromatic rings. The summed E-state index contributed by atoms with van der Waals surface area (Å²) in [5.41, 5.74) is 1.19. The molecule has 0 spiro atoms. The minimum atomic E-state index is -0.713. The number of halogens is 1. The fourth-order valence-electron chi connectivity index (χ4n) is 4.11. The first-order valence-electron chi connectivity index (χ1n) is 10.6. The molecule has 0 bridgehead atoms. The summed E-state index contributed by atoms with van der Waals surface area (Å²) in [7, 11) is 5.44.